The molecule has 0 radical (unpaired) electrons. The molecule has 0 bridgehead atoms. The van der Waals surface area contributed by atoms with Gasteiger partial charge in [0.2, 0.25) is 0 Å². The number of hydrogen-bond donors (Lipinski definition) is 1. The minimum Gasteiger partial charge on any atom is -0.336 e. The molecule has 0 spiro atoms. The van der Waals surface area contributed by atoms with Crippen LogP contribution in [-0.2, 0) is 0 Å². The van der Waals surface area contributed by atoms with Crippen LogP contribution in [0.1, 0.15) is 43.1 Å². The monoisotopic (exact) mass is 374 g/mol. The standard InChI is InChI=1S/C24H23FN2O/c1-17(2)15-24(3,13-12-18-8-5-4-6-9-18)27-23(28)20-14-19-10-7-11-21(25)22(19)26-16-20/h4-11,14,16-17H,15H2,1-3H3,(H,27,28)/t24-/m0/s1. The Morgan fingerprint density at radius 1 is 1.18 bits per heavy atom. The van der Waals surface area contributed by atoms with Gasteiger partial charge in [-0.2, -0.15) is 0 Å². The first kappa shape index (κ1) is 19.6. The van der Waals surface area contributed by atoms with Gasteiger partial charge in [0.1, 0.15) is 11.3 Å². The highest BCUT2D eigenvalue weighted by Gasteiger charge is 2.26. The minimum atomic E-state index is -0.696. The lowest BCUT2D eigenvalue weighted by molar-refractivity contribution is 0.0918. The SMILES string of the molecule is CC(C)C[C@](C)(C#Cc1ccccc1)NC(=O)c1cnc2c(F)cccc2c1. The second-order valence-electron chi connectivity index (χ2n) is 7.54. The zero-order valence-electron chi connectivity index (χ0n) is 16.3. The molecule has 0 aliphatic carbocycles. The average Bonchev–Trinajstić information content (AvgIpc) is 2.66. The third kappa shape index (κ3) is 4.75. The van der Waals surface area contributed by atoms with Crippen LogP contribution in [0.4, 0.5) is 4.39 Å². The Morgan fingerprint density at radius 3 is 2.64 bits per heavy atom. The lowest BCUT2D eigenvalue weighted by atomic mass is 9.90. The van der Waals surface area contributed by atoms with Crippen LogP contribution in [0.2, 0.25) is 0 Å². The topological polar surface area (TPSA) is 42.0 Å². The Balaban J connectivity index is 1.88. The van der Waals surface area contributed by atoms with E-state index >= 15 is 0 Å². The Kier molecular flexibility index (Phi) is 5.75. The number of carbonyl (C=O) groups is 1. The van der Waals surface area contributed by atoms with Crippen molar-refractivity contribution in [3.63, 3.8) is 0 Å². The molecular weight excluding hydrogens is 351 g/mol. The van der Waals surface area contributed by atoms with Crippen LogP contribution in [0.3, 0.4) is 0 Å². The van der Waals surface area contributed by atoms with Crippen molar-refractivity contribution in [1.29, 1.82) is 0 Å². The molecule has 3 rings (SSSR count). The van der Waals surface area contributed by atoms with E-state index in [0.29, 0.717) is 23.3 Å². The quantitative estimate of drug-likeness (QED) is 0.656. The first-order valence-electron chi connectivity index (χ1n) is 9.31. The van der Waals surface area contributed by atoms with Crippen molar-refractivity contribution in [2.24, 2.45) is 5.92 Å². The Hall–Kier alpha value is -3.19. The number of benzene rings is 2. The average molecular weight is 374 g/mol. The number of nitrogens with zero attached hydrogens (tertiary/aromatic N) is 1. The van der Waals surface area contributed by atoms with E-state index in [0.717, 1.165) is 5.56 Å². The van der Waals surface area contributed by atoms with Gasteiger partial charge < -0.3 is 5.32 Å². The van der Waals surface area contributed by atoms with Gasteiger partial charge >= 0.3 is 0 Å². The molecule has 1 amide bonds. The lowest BCUT2D eigenvalue weighted by Gasteiger charge is -2.27. The second-order valence-corrected chi connectivity index (χ2v) is 7.54. The highest BCUT2D eigenvalue weighted by molar-refractivity contribution is 5.97. The van der Waals surface area contributed by atoms with E-state index in [4.69, 9.17) is 0 Å². The van der Waals surface area contributed by atoms with Gasteiger partial charge in [-0.15, -0.1) is 0 Å². The van der Waals surface area contributed by atoms with Crippen LogP contribution >= 0.6 is 0 Å². The maximum atomic E-state index is 13.8. The van der Waals surface area contributed by atoms with Crippen LogP contribution in [0.25, 0.3) is 10.9 Å². The molecule has 4 heteroatoms. The molecule has 1 atom stereocenters. The van der Waals surface area contributed by atoms with Crippen molar-refractivity contribution in [2.45, 2.75) is 32.7 Å². The fourth-order valence-corrected chi connectivity index (χ4v) is 3.25. The second kappa shape index (κ2) is 8.22. The van der Waals surface area contributed by atoms with Gasteiger partial charge in [-0.05, 0) is 43.5 Å². The van der Waals surface area contributed by atoms with E-state index in [2.05, 4.69) is 36.0 Å². The highest BCUT2D eigenvalue weighted by Crippen LogP contribution is 2.19. The summed E-state index contributed by atoms with van der Waals surface area (Å²) in [5.41, 5.74) is 0.842. The van der Waals surface area contributed by atoms with Gasteiger partial charge in [0.15, 0.2) is 0 Å². The lowest BCUT2D eigenvalue weighted by Crippen LogP contribution is -2.46. The van der Waals surface area contributed by atoms with E-state index in [1.807, 2.05) is 37.3 Å². The molecule has 142 valence electrons. The van der Waals surface area contributed by atoms with Gasteiger partial charge in [0.25, 0.3) is 5.91 Å². The van der Waals surface area contributed by atoms with Gasteiger partial charge in [-0.25, -0.2) is 4.39 Å². The van der Waals surface area contributed by atoms with E-state index in [-0.39, 0.29) is 11.4 Å². The van der Waals surface area contributed by atoms with Gasteiger partial charge in [0, 0.05) is 17.1 Å². The summed E-state index contributed by atoms with van der Waals surface area (Å²) < 4.78 is 13.8. The number of halogens is 1. The predicted octanol–water partition coefficient (Wildman–Crippen LogP) is 4.96. The van der Waals surface area contributed by atoms with E-state index < -0.39 is 11.4 Å². The summed E-state index contributed by atoms with van der Waals surface area (Å²) in [7, 11) is 0. The number of nitrogens with one attached hydrogen (secondary N) is 1. The summed E-state index contributed by atoms with van der Waals surface area (Å²) in [6, 6.07) is 16.0. The Bertz CT molecular complexity index is 1050. The molecule has 0 aliphatic heterocycles. The molecule has 1 N–H and O–H groups in total. The molecule has 28 heavy (non-hydrogen) atoms. The number of fused-ring (bicyclic) bond motifs is 1. The normalized spacial score (nSPS) is 12.9. The van der Waals surface area contributed by atoms with Crippen molar-refractivity contribution in [1.82, 2.24) is 10.3 Å². The van der Waals surface area contributed by atoms with Crippen molar-refractivity contribution < 1.29 is 9.18 Å². The third-order valence-electron chi connectivity index (χ3n) is 4.39. The van der Waals surface area contributed by atoms with Crippen LogP contribution in [0.15, 0.2) is 60.8 Å². The molecule has 0 saturated heterocycles. The predicted molar refractivity (Wildman–Crippen MR) is 110 cm³/mol. The molecule has 3 nitrogen and oxygen atoms in total. The fraction of sp³-hybridized carbons (Fsp3) is 0.250. The zero-order chi connectivity index (χ0) is 20.1. The molecule has 0 unspecified atom stereocenters. The van der Waals surface area contributed by atoms with Crippen LogP contribution in [0, 0.1) is 23.6 Å². The number of amides is 1. The highest BCUT2D eigenvalue weighted by atomic mass is 19.1. The number of para-hydroxylation sites is 1. The summed E-state index contributed by atoms with van der Waals surface area (Å²) in [5.74, 6) is 6.06. The van der Waals surface area contributed by atoms with E-state index in [1.54, 1.807) is 18.2 Å². The molecule has 0 saturated carbocycles. The number of rotatable bonds is 4. The molecule has 2 aromatic carbocycles. The maximum Gasteiger partial charge on any atom is 0.254 e. The molecule has 1 heterocycles. The van der Waals surface area contributed by atoms with Crippen LogP contribution in [0.5, 0.6) is 0 Å². The Morgan fingerprint density at radius 2 is 1.93 bits per heavy atom. The summed E-state index contributed by atoms with van der Waals surface area (Å²) in [4.78, 5) is 17.0. The number of hydrogen-bond acceptors (Lipinski definition) is 2. The smallest absolute Gasteiger partial charge is 0.254 e. The van der Waals surface area contributed by atoms with Crippen molar-refractivity contribution in [3.05, 3.63) is 77.7 Å². The first-order chi connectivity index (χ1) is 13.4. The first-order valence-corrected chi connectivity index (χ1v) is 9.31. The van der Waals surface area contributed by atoms with Crippen LogP contribution in [-0.4, -0.2) is 16.4 Å². The maximum absolute atomic E-state index is 13.8. The molecule has 3 aromatic rings. The molecular formula is C24H23FN2O. The summed E-state index contributed by atoms with van der Waals surface area (Å²) in [6.45, 7) is 6.11. The summed E-state index contributed by atoms with van der Waals surface area (Å²) in [6.07, 6.45) is 2.11. The molecule has 1 aromatic heterocycles. The van der Waals surface area contributed by atoms with E-state index in [9.17, 15) is 9.18 Å². The summed E-state index contributed by atoms with van der Waals surface area (Å²) in [5, 5.41) is 3.64. The number of pyridine rings is 1. The fourth-order valence-electron chi connectivity index (χ4n) is 3.25. The minimum absolute atomic E-state index is 0.257. The number of aromatic nitrogens is 1. The van der Waals surface area contributed by atoms with Gasteiger partial charge in [-0.3, -0.25) is 9.78 Å². The third-order valence-corrected chi connectivity index (χ3v) is 4.39. The molecule has 0 aliphatic rings. The van der Waals surface area contributed by atoms with E-state index in [1.165, 1.54) is 12.3 Å². The zero-order valence-corrected chi connectivity index (χ0v) is 16.3. The van der Waals surface area contributed by atoms with Gasteiger partial charge in [-0.1, -0.05) is 56.0 Å². The molecule has 0 fully saturated rings. The largest absolute Gasteiger partial charge is 0.336 e. The van der Waals surface area contributed by atoms with Crippen molar-refractivity contribution in [3.8, 4) is 11.8 Å². The van der Waals surface area contributed by atoms with Crippen LogP contribution < -0.4 is 5.32 Å². The van der Waals surface area contributed by atoms with Crippen molar-refractivity contribution in [2.75, 3.05) is 0 Å². The van der Waals surface area contributed by atoms with Crippen molar-refractivity contribution >= 4 is 16.8 Å². The van der Waals surface area contributed by atoms with Gasteiger partial charge in [0.05, 0.1) is 11.1 Å². The Labute approximate surface area is 165 Å². The number of carbonyl (C=O) groups excluding carboxylic acids is 1. The summed E-state index contributed by atoms with van der Waals surface area (Å²) >= 11 is 0.